The Morgan fingerprint density at radius 3 is 2.67 bits per heavy atom. The van der Waals surface area contributed by atoms with Crippen LogP contribution in [0.5, 0.6) is 0 Å². The fourth-order valence-corrected chi connectivity index (χ4v) is 2.52. The first kappa shape index (κ1) is 18.1. The van der Waals surface area contributed by atoms with Crippen LogP contribution in [0.15, 0.2) is 24.3 Å². The molecule has 0 amide bonds. The second kappa shape index (κ2) is 8.47. The summed E-state index contributed by atoms with van der Waals surface area (Å²) in [6, 6.07) is 6.94. The van der Waals surface area contributed by atoms with Crippen molar-refractivity contribution in [1.82, 2.24) is 10.2 Å². The Bertz CT molecular complexity index is 417. The summed E-state index contributed by atoms with van der Waals surface area (Å²) in [5.41, 5.74) is 0.292. The lowest BCUT2D eigenvalue weighted by atomic mass is 10.0. The number of likely N-dealkylation sites (N-methyl/N-ethyl adjacent to an activating group) is 1. The summed E-state index contributed by atoms with van der Waals surface area (Å²) < 4.78 is 13.4. The van der Waals surface area contributed by atoms with Crippen LogP contribution in [0.4, 0.5) is 4.39 Å². The fourth-order valence-electron chi connectivity index (χ4n) is 2.52. The van der Waals surface area contributed by atoms with Crippen molar-refractivity contribution >= 4 is 0 Å². The van der Waals surface area contributed by atoms with Gasteiger partial charge in [-0.3, -0.25) is 0 Å². The van der Waals surface area contributed by atoms with Gasteiger partial charge in [0.25, 0.3) is 0 Å². The molecule has 1 rings (SSSR count). The first-order valence-corrected chi connectivity index (χ1v) is 7.71. The first-order valence-electron chi connectivity index (χ1n) is 7.71. The lowest BCUT2D eigenvalue weighted by Crippen LogP contribution is -2.37. The van der Waals surface area contributed by atoms with Crippen LogP contribution in [0.25, 0.3) is 0 Å². The molecule has 0 aliphatic heterocycles. The summed E-state index contributed by atoms with van der Waals surface area (Å²) in [5, 5.41) is 13.3. The highest BCUT2D eigenvalue weighted by atomic mass is 19.1. The molecule has 0 fully saturated rings. The smallest absolute Gasteiger partial charge is 0.123 e. The molecule has 1 aromatic rings. The summed E-state index contributed by atoms with van der Waals surface area (Å²) in [6.07, 6.45) is 1.93. The Morgan fingerprint density at radius 1 is 1.38 bits per heavy atom. The van der Waals surface area contributed by atoms with Crippen molar-refractivity contribution in [3.05, 3.63) is 35.6 Å². The molecule has 2 N–H and O–H groups in total. The lowest BCUT2D eigenvalue weighted by molar-refractivity contribution is 0.0435. The third kappa shape index (κ3) is 7.55. The van der Waals surface area contributed by atoms with Crippen LogP contribution in [0.2, 0.25) is 0 Å². The number of nitrogens with one attached hydrogen (secondary N) is 1. The fraction of sp³-hybridized carbons (Fsp3) is 0.647. The third-order valence-electron chi connectivity index (χ3n) is 3.35. The van der Waals surface area contributed by atoms with Gasteiger partial charge in [0.15, 0.2) is 0 Å². The van der Waals surface area contributed by atoms with E-state index in [2.05, 4.69) is 17.1 Å². The van der Waals surface area contributed by atoms with Crippen molar-refractivity contribution in [2.45, 2.75) is 45.3 Å². The molecule has 0 aromatic heterocycles. The van der Waals surface area contributed by atoms with Gasteiger partial charge in [-0.25, -0.2) is 4.39 Å². The average Bonchev–Trinajstić information content (AvgIpc) is 2.36. The predicted octanol–water partition coefficient (Wildman–Crippen LogP) is 2.96. The Kier molecular flexibility index (Phi) is 7.29. The van der Waals surface area contributed by atoms with E-state index in [4.69, 9.17) is 0 Å². The minimum Gasteiger partial charge on any atom is -0.389 e. The van der Waals surface area contributed by atoms with Crippen molar-refractivity contribution in [1.29, 1.82) is 0 Å². The normalized spacial score (nSPS) is 13.7. The van der Waals surface area contributed by atoms with Gasteiger partial charge < -0.3 is 15.3 Å². The molecule has 0 aliphatic rings. The average molecular weight is 296 g/mol. The van der Waals surface area contributed by atoms with Crippen LogP contribution in [0, 0.1) is 5.82 Å². The van der Waals surface area contributed by atoms with Gasteiger partial charge in [0.1, 0.15) is 5.82 Å². The van der Waals surface area contributed by atoms with E-state index in [1.165, 1.54) is 6.07 Å². The van der Waals surface area contributed by atoms with Gasteiger partial charge in [-0.1, -0.05) is 19.1 Å². The number of aliphatic hydroxyl groups is 1. The number of hydrogen-bond donors (Lipinski definition) is 2. The maximum atomic E-state index is 13.4. The number of rotatable bonds is 9. The number of halogens is 1. The predicted molar refractivity (Wildman–Crippen MR) is 85.8 cm³/mol. The molecule has 1 unspecified atom stereocenters. The van der Waals surface area contributed by atoms with E-state index in [9.17, 15) is 9.50 Å². The Morgan fingerprint density at radius 2 is 2.10 bits per heavy atom. The number of nitrogens with zero attached hydrogens (tertiary/aromatic N) is 1. The van der Waals surface area contributed by atoms with E-state index < -0.39 is 5.60 Å². The van der Waals surface area contributed by atoms with E-state index in [0.717, 1.165) is 31.5 Å². The van der Waals surface area contributed by atoms with Crippen molar-refractivity contribution < 1.29 is 9.50 Å². The Hall–Kier alpha value is -0.970. The quantitative estimate of drug-likeness (QED) is 0.735. The van der Waals surface area contributed by atoms with Crippen molar-refractivity contribution in [2.24, 2.45) is 0 Å². The van der Waals surface area contributed by atoms with E-state index in [1.54, 1.807) is 12.1 Å². The molecule has 21 heavy (non-hydrogen) atoms. The Balaban J connectivity index is 2.62. The van der Waals surface area contributed by atoms with E-state index >= 15 is 0 Å². The largest absolute Gasteiger partial charge is 0.389 e. The summed E-state index contributed by atoms with van der Waals surface area (Å²) in [7, 11) is 2.00. The molecule has 4 heteroatoms. The topological polar surface area (TPSA) is 35.5 Å². The molecule has 0 saturated carbocycles. The minimum absolute atomic E-state index is 0.143. The molecule has 0 heterocycles. The van der Waals surface area contributed by atoms with Crippen LogP contribution in [-0.4, -0.2) is 42.3 Å². The summed E-state index contributed by atoms with van der Waals surface area (Å²) in [6.45, 7) is 8.12. The Labute approximate surface area is 128 Å². The zero-order chi connectivity index (χ0) is 15.9. The number of hydrogen-bond acceptors (Lipinski definition) is 3. The van der Waals surface area contributed by atoms with Crippen molar-refractivity contribution in [2.75, 3.05) is 26.7 Å². The van der Waals surface area contributed by atoms with Gasteiger partial charge in [0, 0.05) is 12.6 Å². The monoisotopic (exact) mass is 296 g/mol. The first-order chi connectivity index (χ1) is 9.81. The standard InChI is InChI=1S/C17H29FN2O/c1-5-10-19-16(14-7-6-8-15(18)12-14)9-11-20(4)13-17(2,3)21/h6-8,12,16,19,21H,5,9-11,13H2,1-4H3. The highest BCUT2D eigenvalue weighted by Gasteiger charge is 2.17. The molecule has 0 bridgehead atoms. The molecule has 0 aliphatic carbocycles. The molecule has 0 saturated heterocycles. The van der Waals surface area contributed by atoms with Crippen molar-refractivity contribution in [3.63, 3.8) is 0 Å². The van der Waals surface area contributed by atoms with Gasteiger partial charge in [-0.05, 0) is 64.5 Å². The highest BCUT2D eigenvalue weighted by Crippen LogP contribution is 2.18. The molecule has 120 valence electrons. The van der Waals surface area contributed by atoms with E-state index in [0.29, 0.717) is 6.54 Å². The third-order valence-corrected chi connectivity index (χ3v) is 3.35. The molecular formula is C17H29FN2O. The second-order valence-electron chi connectivity index (χ2n) is 6.40. The second-order valence-corrected chi connectivity index (χ2v) is 6.40. The van der Waals surface area contributed by atoms with Gasteiger partial charge >= 0.3 is 0 Å². The lowest BCUT2D eigenvalue weighted by Gasteiger charge is -2.27. The van der Waals surface area contributed by atoms with Gasteiger partial charge in [-0.15, -0.1) is 0 Å². The van der Waals surface area contributed by atoms with Crippen LogP contribution < -0.4 is 5.32 Å². The zero-order valence-electron chi connectivity index (χ0n) is 13.7. The van der Waals surface area contributed by atoms with Gasteiger partial charge in [-0.2, -0.15) is 0 Å². The molecule has 1 atom stereocenters. The van der Waals surface area contributed by atoms with E-state index in [-0.39, 0.29) is 11.9 Å². The highest BCUT2D eigenvalue weighted by molar-refractivity contribution is 5.20. The minimum atomic E-state index is -0.694. The van der Waals surface area contributed by atoms with Crippen LogP contribution in [-0.2, 0) is 0 Å². The van der Waals surface area contributed by atoms with E-state index in [1.807, 2.05) is 27.0 Å². The maximum absolute atomic E-state index is 13.4. The molecular weight excluding hydrogens is 267 g/mol. The maximum Gasteiger partial charge on any atom is 0.123 e. The molecule has 0 radical (unpaired) electrons. The zero-order valence-corrected chi connectivity index (χ0v) is 13.7. The van der Waals surface area contributed by atoms with Crippen LogP contribution >= 0.6 is 0 Å². The van der Waals surface area contributed by atoms with Crippen LogP contribution in [0.3, 0.4) is 0 Å². The molecule has 0 spiro atoms. The number of benzene rings is 1. The van der Waals surface area contributed by atoms with Crippen molar-refractivity contribution in [3.8, 4) is 0 Å². The summed E-state index contributed by atoms with van der Waals surface area (Å²) >= 11 is 0. The molecule has 3 nitrogen and oxygen atoms in total. The van der Waals surface area contributed by atoms with Gasteiger partial charge in [0.2, 0.25) is 0 Å². The van der Waals surface area contributed by atoms with Gasteiger partial charge in [0.05, 0.1) is 5.60 Å². The SMILES string of the molecule is CCCNC(CCN(C)CC(C)(C)O)c1cccc(F)c1. The summed E-state index contributed by atoms with van der Waals surface area (Å²) in [5.74, 6) is -0.194. The van der Waals surface area contributed by atoms with Crippen LogP contribution in [0.1, 0.15) is 45.2 Å². The summed E-state index contributed by atoms with van der Waals surface area (Å²) in [4.78, 5) is 2.11. The molecule has 1 aromatic carbocycles.